The zero-order valence-corrected chi connectivity index (χ0v) is 26.3. The second kappa shape index (κ2) is 13.2. The van der Waals surface area contributed by atoms with Gasteiger partial charge in [-0.3, -0.25) is 0 Å². The minimum Gasteiger partial charge on any atom is -0.104 e. The van der Waals surface area contributed by atoms with E-state index in [2.05, 4.69) is 107 Å². The molecule has 182 valence electrons. The fourth-order valence-electron chi connectivity index (χ4n) is 4.67. The van der Waals surface area contributed by atoms with Crippen LogP contribution in [0.15, 0.2) is 0 Å². The average Bonchev–Trinajstić information content (AvgIpc) is 2.71. The predicted molar refractivity (Wildman–Crippen MR) is 161 cm³/mol. The SMILES string of the molecule is CCCCCC12SC3(CCCCC)SC(CCCCC)(S1)SC(CCCCCBr)(S2)S3. The molecule has 0 radical (unpaired) electrons. The van der Waals surface area contributed by atoms with E-state index >= 15 is 0 Å². The van der Waals surface area contributed by atoms with Crippen molar-refractivity contribution in [2.75, 3.05) is 5.33 Å². The highest BCUT2D eigenvalue weighted by atomic mass is 79.9. The molecule has 0 N–H and O–H groups in total. The molecule has 4 rings (SSSR count). The molecule has 0 saturated carbocycles. The van der Waals surface area contributed by atoms with Gasteiger partial charge in [-0.15, -0.1) is 70.6 Å². The highest BCUT2D eigenvalue weighted by molar-refractivity contribution is 9.09. The van der Waals surface area contributed by atoms with Gasteiger partial charge in [0.15, 0.2) is 0 Å². The minimum atomic E-state index is 0.401. The molecule has 7 heteroatoms. The van der Waals surface area contributed by atoms with Gasteiger partial charge in [-0.1, -0.05) is 107 Å². The van der Waals surface area contributed by atoms with Crippen LogP contribution in [0, 0.1) is 0 Å². The maximum atomic E-state index is 3.65. The number of hydrogen-bond donors (Lipinski definition) is 0. The fraction of sp³-hybridized carbons (Fsp3) is 1.00. The van der Waals surface area contributed by atoms with Gasteiger partial charge in [-0.05, 0) is 32.1 Å². The summed E-state index contributed by atoms with van der Waals surface area (Å²) in [5, 5.41) is 1.16. The molecule has 0 aromatic heterocycles. The van der Waals surface area contributed by atoms with Gasteiger partial charge in [-0.2, -0.15) is 0 Å². The zero-order valence-electron chi connectivity index (χ0n) is 19.8. The van der Waals surface area contributed by atoms with Gasteiger partial charge in [0, 0.05) is 5.33 Å². The van der Waals surface area contributed by atoms with Gasteiger partial charge < -0.3 is 0 Å². The molecule has 4 heterocycles. The Labute approximate surface area is 227 Å². The Kier molecular flexibility index (Phi) is 12.0. The third-order valence-corrected chi connectivity index (χ3v) is 19.0. The predicted octanol–water partition coefficient (Wildman–Crippen LogP) is 11.7. The Balaban J connectivity index is 1.85. The van der Waals surface area contributed by atoms with E-state index in [0.29, 0.717) is 13.6 Å². The van der Waals surface area contributed by atoms with Crippen molar-refractivity contribution in [1.82, 2.24) is 0 Å². The molecule has 4 fully saturated rings. The quantitative estimate of drug-likeness (QED) is 0.119. The maximum absolute atomic E-state index is 3.65. The molecule has 0 aromatic rings. The van der Waals surface area contributed by atoms with Crippen molar-refractivity contribution in [3.63, 3.8) is 0 Å². The summed E-state index contributed by atoms with van der Waals surface area (Å²) in [5.41, 5.74) is 0. The van der Waals surface area contributed by atoms with E-state index in [4.69, 9.17) is 0 Å². The summed E-state index contributed by atoms with van der Waals surface area (Å²) in [6.07, 6.45) is 22.3. The number of halogens is 1. The minimum absolute atomic E-state index is 0.401. The first kappa shape index (κ1) is 28.2. The maximum Gasteiger partial charge on any atom is 0.113 e. The van der Waals surface area contributed by atoms with Crippen LogP contribution >= 0.6 is 86.5 Å². The Morgan fingerprint density at radius 2 is 0.710 bits per heavy atom. The second-order valence-electron chi connectivity index (χ2n) is 9.22. The van der Waals surface area contributed by atoms with Crippen LogP contribution in [0.1, 0.15) is 124 Å². The van der Waals surface area contributed by atoms with Crippen molar-refractivity contribution in [2.45, 2.75) is 137 Å². The molecule has 0 aromatic carbocycles. The van der Waals surface area contributed by atoms with E-state index in [1.807, 2.05) is 0 Å². The number of thioether (sulfide) groups is 6. The normalized spacial score (nSPS) is 36.4. The smallest absolute Gasteiger partial charge is 0.104 e. The lowest BCUT2D eigenvalue weighted by atomic mass is 10.2. The summed E-state index contributed by atoms with van der Waals surface area (Å²) >= 11 is 18.1. The van der Waals surface area contributed by atoms with E-state index in [9.17, 15) is 0 Å². The summed E-state index contributed by atoms with van der Waals surface area (Å²) in [7, 11) is 0. The second-order valence-corrected chi connectivity index (χ2v) is 22.7. The van der Waals surface area contributed by atoms with Crippen LogP contribution in [-0.2, 0) is 0 Å². The summed E-state index contributed by atoms with van der Waals surface area (Å²) < 4.78 is 1.62. The molecule has 4 bridgehead atoms. The Morgan fingerprint density at radius 1 is 0.419 bits per heavy atom. The van der Waals surface area contributed by atoms with Crippen molar-refractivity contribution in [1.29, 1.82) is 0 Å². The molecule has 4 saturated heterocycles. The highest BCUT2D eigenvalue weighted by Crippen LogP contribution is 2.91. The zero-order chi connectivity index (χ0) is 22.3. The molecular weight excluding hydrogens is 561 g/mol. The molecule has 4 aliphatic rings. The van der Waals surface area contributed by atoms with Gasteiger partial charge in [0.2, 0.25) is 0 Å². The van der Waals surface area contributed by atoms with Gasteiger partial charge in [0.05, 0.1) is 0 Å². The fourth-order valence-corrected chi connectivity index (χ4v) is 26.9. The summed E-state index contributed by atoms with van der Waals surface area (Å²) in [6, 6.07) is 0. The van der Waals surface area contributed by atoms with Crippen molar-refractivity contribution in [3.8, 4) is 0 Å². The number of alkyl halides is 1. The van der Waals surface area contributed by atoms with E-state index in [1.54, 1.807) is 0 Å². The van der Waals surface area contributed by atoms with Crippen molar-refractivity contribution in [2.24, 2.45) is 0 Å². The van der Waals surface area contributed by atoms with Crippen LogP contribution < -0.4 is 0 Å². The van der Waals surface area contributed by atoms with Crippen LogP contribution in [-0.4, -0.2) is 19.0 Å². The van der Waals surface area contributed by atoms with Crippen LogP contribution in [0.25, 0.3) is 0 Å². The van der Waals surface area contributed by atoms with Gasteiger partial charge in [0.1, 0.15) is 13.6 Å². The van der Waals surface area contributed by atoms with Crippen LogP contribution in [0.2, 0.25) is 0 Å². The molecule has 0 unspecified atom stereocenters. The van der Waals surface area contributed by atoms with Crippen LogP contribution in [0.4, 0.5) is 0 Å². The summed E-state index contributed by atoms with van der Waals surface area (Å²) in [4.78, 5) is 0. The van der Waals surface area contributed by atoms with Gasteiger partial charge in [0.25, 0.3) is 0 Å². The first-order chi connectivity index (χ1) is 15.0. The lowest BCUT2D eigenvalue weighted by Crippen LogP contribution is -2.53. The van der Waals surface area contributed by atoms with E-state index in [1.165, 1.54) is 103 Å². The Hall–Kier alpha value is 2.58. The molecule has 0 atom stereocenters. The third-order valence-electron chi connectivity index (χ3n) is 6.24. The van der Waals surface area contributed by atoms with Crippen molar-refractivity contribution < 1.29 is 0 Å². The summed E-state index contributed by atoms with van der Waals surface area (Å²) in [6.45, 7) is 7.08. The molecular formula is C24H43BrS6. The first-order valence-corrected chi connectivity index (χ1v) is 18.8. The van der Waals surface area contributed by atoms with Crippen molar-refractivity contribution in [3.05, 3.63) is 0 Å². The largest absolute Gasteiger partial charge is 0.113 e. The third kappa shape index (κ3) is 7.54. The monoisotopic (exact) mass is 602 g/mol. The lowest BCUT2D eigenvalue weighted by molar-refractivity contribution is 0.644. The summed E-state index contributed by atoms with van der Waals surface area (Å²) in [5.74, 6) is 0. The molecule has 0 aliphatic carbocycles. The molecule has 0 amide bonds. The van der Waals surface area contributed by atoms with Gasteiger partial charge in [-0.25, -0.2) is 0 Å². The van der Waals surface area contributed by atoms with E-state index in [0.717, 1.165) is 5.33 Å². The van der Waals surface area contributed by atoms with Gasteiger partial charge >= 0.3 is 0 Å². The van der Waals surface area contributed by atoms with E-state index in [-0.39, 0.29) is 0 Å². The van der Waals surface area contributed by atoms with E-state index < -0.39 is 0 Å². The Bertz CT molecular complexity index is 472. The number of hydrogen-bond acceptors (Lipinski definition) is 6. The lowest BCUT2D eigenvalue weighted by Gasteiger charge is -2.67. The van der Waals surface area contributed by atoms with Crippen LogP contribution in [0.5, 0.6) is 0 Å². The van der Waals surface area contributed by atoms with Crippen molar-refractivity contribution >= 4 is 86.5 Å². The average molecular weight is 604 g/mol. The standard InChI is InChI=1S/C24H43BrS6/c1-4-7-11-16-21-26-22(17-12-8-5-2)28-23(27-21,18-13-9-6-3)31-24(29-21,30-22)19-14-10-15-20-25/h4-20H2,1-3H3. The molecule has 0 nitrogen and oxygen atoms in total. The first-order valence-electron chi connectivity index (χ1n) is 12.8. The molecule has 4 aliphatic heterocycles. The molecule has 31 heavy (non-hydrogen) atoms. The van der Waals surface area contributed by atoms with Crippen LogP contribution in [0.3, 0.4) is 0 Å². The Morgan fingerprint density at radius 3 is 0.968 bits per heavy atom. The number of rotatable bonds is 17. The topological polar surface area (TPSA) is 0 Å². The highest BCUT2D eigenvalue weighted by Gasteiger charge is 2.71. The molecule has 0 spiro atoms. The number of unbranched alkanes of at least 4 members (excludes halogenated alkanes) is 8.